The minimum atomic E-state index is -3.84. The first kappa shape index (κ1) is 16.3. The predicted molar refractivity (Wildman–Crippen MR) is 77.7 cm³/mol. The first-order chi connectivity index (χ1) is 9.86. The minimum absolute atomic E-state index is 0.0553. The van der Waals surface area contributed by atoms with Gasteiger partial charge in [0.15, 0.2) is 11.0 Å². The molecule has 1 saturated carbocycles. The van der Waals surface area contributed by atoms with E-state index in [1.807, 2.05) is 0 Å². The molecule has 1 N–H and O–H groups in total. The van der Waals surface area contributed by atoms with Gasteiger partial charge in [0.2, 0.25) is 10.0 Å². The zero-order valence-corrected chi connectivity index (χ0v) is 13.4. The van der Waals surface area contributed by atoms with Crippen molar-refractivity contribution < 1.29 is 17.9 Å². The fourth-order valence-corrected chi connectivity index (χ4v) is 4.41. The number of halogens is 2. The lowest BCUT2D eigenvalue weighted by Crippen LogP contribution is -2.35. The Bertz CT molecular complexity index is 653. The molecule has 0 amide bonds. The second-order valence-electron chi connectivity index (χ2n) is 4.57. The molecule has 21 heavy (non-hydrogen) atoms. The average molecular weight is 354 g/mol. The monoisotopic (exact) mass is 353 g/mol. The van der Waals surface area contributed by atoms with Crippen molar-refractivity contribution in [3.8, 4) is 0 Å². The molecule has 0 saturated heterocycles. The fourth-order valence-electron chi connectivity index (χ4n) is 2.35. The Kier molecular flexibility index (Phi) is 4.90. The van der Waals surface area contributed by atoms with Crippen LogP contribution in [0.1, 0.15) is 19.3 Å². The summed E-state index contributed by atoms with van der Waals surface area (Å²) >= 11 is 11.6. The van der Waals surface area contributed by atoms with Gasteiger partial charge in [0.05, 0.1) is 18.3 Å². The lowest BCUT2D eigenvalue weighted by atomic mass is 10.1. The molecule has 10 heteroatoms. The van der Waals surface area contributed by atoms with Crippen molar-refractivity contribution in [2.45, 2.75) is 24.5 Å². The maximum Gasteiger partial charge on any atom is 0.310 e. The Morgan fingerprint density at radius 1 is 1.38 bits per heavy atom. The number of aromatic nitrogens is 2. The second-order valence-corrected chi connectivity index (χ2v) is 7.21. The van der Waals surface area contributed by atoms with Crippen molar-refractivity contribution in [2.24, 2.45) is 5.92 Å². The topological polar surface area (TPSA) is 98.2 Å². The number of hydrogen-bond donors (Lipinski definition) is 1. The van der Waals surface area contributed by atoms with Gasteiger partial charge in [-0.1, -0.05) is 29.6 Å². The number of ether oxygens (including phenoxy) is 1. The summed E-state index contributed by atoms with van der Waals surface area (Å²) in [7, 11) is -2.61. The van der Waals surface area contributed by atoms with E-state index in [1.54, 1.807) is 0 Å². The Hall–Kier alpha value is -1.12. The Morgan fingerprint density at radius 3 is 2.76 bits per heavy atom. The molecule has 1 aromatic rings. The summed E-state index contributed by atoms with van der Waals surface area (Å²) in [6.07, 6.45) is 2.56. The molecule has 2 unspecified atom stereocenters. The highest BCUT2D eigenvalue weighted by atomic mass is 35.5. The summed E-state index contributed by atoms with van der Waals surface area (Å²) in [5, 5.41) is -1.02. The molecular formula is C11H13Cl2N3O4S. The molecule has 0 aliphatic heterocycles. The average Bonchev–Trinajstić information content (AvgIpc) is 2.93. The van der Waals surface area contributed by atoms with Crippen molar-refractivity contribution in [1.82, 2.24) is 9.97 Å². The van der Waals surface area contributed by atoms with Crippen molar-refractivity contribution in [1.29, 1.82) is 0 Å². The third kappa shape index (κ3) is 3.38. The van der Waals surface area contributed by atoms with Gasteiger partial charge in [0.25, 0.3) is 0 Å². The van der Waals surface area contributed by atoms with Crippen LogP contribution in [0.25, 0.3) is 0 Å². The third-order valence-corrected chi connectivity index (χ3v) is 5.92. The number of rotatable bonds is 4. The van der Waals surface area contributed by atoms with Crippen LogP contribution in [-0.2, 0) is 19.6 Å². The third-order valence-electron chi connectivity index (χ3n) is 3.34. The molecule has 116 valence electrons. The van der Waals surface area contributed by atoms with Crippen molar-refractivity contribution in [3.63, 3.8) is 0 Å². The maximum atomic E-state index is 12.4. The largest absolute Gasteiger partial charge is 0.469 e. The minimum Gasteiger partial charge on any atom is -0.469 e. The number of nitrogens with one attached hydrogen (secondary N) is 1. The van der Waals surface area contributed by atoms with Gasteiger partial charge in [-0.3, -0.25) is 9.52 Å². The number of methoxy groups -OCH3 is 1. The van der Waals surface area contributed by atoms with E-state index in [0.29, 0.717) is 19.3 Å². The number of esters is 1. The normalized spacial score (nSPS) is 22.0. The van der Waals surface area contributed by atoms with Crippen LogP contribution in [0, 0.1) is 5.92 Å². The Balaban J connectivity index is 2.26. The van der Waals surface area contributed by atoms with E-state index in [4.69, 9.17) is 23.2 Å². The number of anilines is 1. The molecule has 7 nitrogen and oxygen atoms in total. The molecule has 0 spiro atoms. The van der Waals surface area contributed by atoms with Crippen LogP contribution < -0.4 is 4.72 Å². The molecule has 1 aromatic heterocycles. The molecule has 1 fully saturated rings. The maximum absolute atomic E-state index is 12.4. The Labute approximate surface area is 132 Å². The zero-order valence-electron chi connectivity index (χ0n) is 11.0. The van der Waals surface area contributed by atoms with Crippen LogP contribution in [0.3, 0.4) is 0 Å². The molecule has 2 atom stereocenters. The van der Waals surface area contributed by atoms with Crippen molar-refractivity contribution in [2.75, 3.05) is 11.8 Å². The lowest BCUT2D eigenvalue weighted by molar-refractivity contribution is -0.145. The summed E-state index contributed by atoms with van der Waals surface area (Å²) < 4.78 is 31.8. The highest BCUT2D eigenvalue weighted by Gasteiger charge is 2.42. The SMILES string of the molecule is COC(=O)C1CCCC1S(=O)(=O)Nc1ncnc(Cl)c1Cl. The van der Waals surface area contributed by atoms with Crippen LogP contribution in [-0.4, -0.2) is 36.7 Å². The molecule has 1 aliphatic rings. The smallest absolute Gasteiger partial charge is 0.310 e. The standard InChI is InChI=1S/C11H13Cl2N3O4S/c1-20-11(17)6-3-2-4-7(6)21(18,19)16-10-8(12)9(13)14-5-15-10/h5-7H,2-4H2,1H3,(H,14,15,16). The van der Waals surface area contributed by atoms with Gasteiger partial charge in [-0.2, -0.15) is 0 Å². The van der Waals surface area contributed by atoms with Crippen LogP contribution in [0.2, 0.25) is 10.2 Å². The van der Waals surface area contributed by atoms with Gasteiger partial charge in [-0.05, 0) is 12.8 Å². The van der Waals surface area contributed by atoms with Crippen molar-refractivity contribution in [3.05, 3.63) is 16.5 Å². The van der Waals surface area contributed by atoms with Gasteiger partial charge in [-0.25, -0.2) is 18.4 Å². The number of sulfonamides is 1. The summed E-state index contributed by atoms with van der Waals surface area (Å²) in [5.74, 6) is -1.33. The van der Waals surface area contributed by atoms with Gasteiger partial charge >= 0.3 is 5.97 Å². The van der Waals surface area contributed by atoms with Crippen LogP contribution in [0.5, 0.6) is 0 Å². The Morgan fingerprint density at radius 2 is 2.10 bits per heavy atom. The molecule has 1 aliphatic carbocycles. The van der Waals surface area contributed by atoms with E-state index < -0.39 is 27.2 Å². The molecule has 0 radical (unpaired) electrons. The number of hydrogen-bond acceptors (Lipinski definition) is 6. The number of carbonyl (C=O) groups is 1. The van der Waals surface area contributed by atoms with E-state index in [2.05, 4.69) is 19.4 Å². The molecular weight excluding hydrogens is 341 g/mol. The van der Waals surface area contributed by atoms with E-state index in [0.717, 1.165) is 6.33 Å². The van der Waals surface area contributed by atoms with E-state index in [1.165, 1.54) is 7.11 Å². The van der Waals surface area contributed by atoms with Crippen LogP contribution in [0.4, 0.5) is 5.82 Å². The predicted octanol–water partition coefficient (Wildman–Crippen LogP) is 1.87. The fraction of sp³-hybridized carbons (Fsp3) is 0.545. The zero-order chi connectivity index (χ0) is 15.6. The van der Waals surface area contributed by atoms with Gasteiger partial charge in [-0.15, -0.1) is 0 Å². The lowest BCUT2D eigenvalue weighted by Gasteiger charge is -2.19. The molecule has 0 bridgehead atoms. The molecule has 2 rings (SSSR count). The van der Waals surface area contributed by atoms with Crippen LogP contribution >= 0.6 is 23.2 Å². The van der Waals surface area contributed by atoms with E-state index >= 15 is 0 Å². The highest BCUT2D eigenvalue weighted by molar-refractivity contribution is 7.93. The first-order valence-corrected chi connectivity index (χ1v) is 8.42. The summed E-state index contributed by atoms with van der Waals surface area (Å²) in [5.41, 5.74) is 0. The molecule has 0 aromatic carbocycles. The van der Waals surface area contributed by atoms with E-state index in [9.17, 15) is 13.2 Å². The highest BCUT2D eigenvalue weighted by Crippen LogP contribution is 2.34. The molecule has 1 heterocycles. The number of carbonyl (C=O) groups excluding carboxylic acids is 1. The van der Waals surface area contributed by atoms with E-state index in [-0.39, 0.29) is 16.0 Å². The quantitative estimate of drug-likeness (QED) is 0.655. The first-order valence-electron chi connectivity index (χ1n) is 6.12. The number of nitrogens with zero attached hydrogens (tertiary/aromatic N) is 2. The van der Waals surface area contributed by atoms with Gasteiger partial charge in [0.1, 0.15) is 11.3 Å². The van der Waals surface area contributed by atoms with Crippen molar-refractivity contribution >= 4 is 45.0 Å². The summed E-state index contributed by atoms with van der Waals surface area (Å²) in [4.78, 5) is 19.0. The summed E-state index contributed by atoms with van der Waals surface area (Å²) in [6, 6.07) is 0. The second kappa shape index (κ2) is 6.33. The summed E-state index contributed by atoms with van der Waals surface area (Å²) in [6.45, 7) is 0. The van der Waals surface area contributed by atoms with Gasteiger partial charge < -0.3 is 4.74 Å². The van der Waals surface area contributed by atoms with Gasteiger partial charge in [0, 0.05) is 0 Å². The van der Waals surface area contributed by atoms with Crippen LogP contribution in [0.15, 0.2) is 6.33 Å².